The van der Waals surface area contributed by atoms with Gasteiger partial charge in [0.25, 0.3) is 5.91 Å². The monoisotopic (exact) mass is 299 g/mol. The summed E-state index contributed by atoms with van der Waals surface area (Å²) in [6.07, 6.45) is 1.71. The lowest BCUT2D eigenvalue weighted by Gasteiger charge is -2.06. The highest BCUT2D eigenvalue weighted by Crippen LogP contribution is 2.26. The predicted molar refractivity (Wildman–Crippen MR) is 83.3 cm³/mol. The van der Waals surface area contributed by atoms with E-state index in [9.17, 15) is 4.79 Å². The van der Waals surface area contributed by atoms with Crippen LogP contribution >= 0.6 is 11.6 Å². The first-order valence-corrected chi connectivity index (χ1v) is 6.96. The Bertz CT molecular complexity index is 796. The maximum atomic E-state index is 12.3. The average molecular weight is 300 g/mol. The van der Waals surface area contributed by atoms with Crippen LogP contribution in [-0.2, 0) is 13.6 Å². The SMILES string of the molecule is Cn1c(C(=O)NCc2ccccn2)cc2c(Cl)cccc21. The van der Waals surface area contributed by atoms with E-state index in [1.807, 2.05) is 54.1 Å². The van der Waals surface area contributed by atoms with Crippen molar-refractivity contribution < 1.29 is 4.79 Å². The van der Waals surface area contributed by atoms with E-state index in [-0.39, 0.29) is 5.91 Å². The summed E-state index contributed by atoms with van der Waals surface area (Å²) in [4.78, 5) is 16.5. The van der Waals surface area contributed by atoms with Gasteiger partial charge in [-0.05, 0) is 30.3 Å². The van der Waals surface area contributed by atoms with Gasteiger partial charge in [-0.2, -0.15) is 0 Å². The van der Waals surface area contributed by atoms with Gasteiger partial charge >= 0.3 is 0 Å². The Morgan fingerprint density at radius 1 is 1.29 bits per heavy atom. The molecule has 0 spiro atoms. The molecule has 0 atom stereocenters. The normalized spacial score (nSPS) is 10.8. The molecule has 0 fully saturated rings. The highest BCUT2D eigenvalue weighted by atomic mass is 35.5. The molecule has 0 saturated carbocycles. The molecule has 3 aromatic rings. The van der Waals surface area contributed by atoms with Crippen LogP contribution in [0.1, 0.15) is 16.2 Å². The number of amides is 1. The molecule has 5 heteroatoms. The molecule has 0 unspecified atom stereocenters. The fourth-order valence-electron chi connectivity index (χ4n) is 2.31. The summed E-state index contributed by atoms with van der Waals surface area (Å²) in [7, 11) is 1.86. The number of hydrogen-bond donors (Lipinski definition) is 1. The summed E-state index contributed by atoms with van der Waals surface area (Å²) >= 11 is 6.16. The number of fused-ring (bicyclic) bond motifs is 1. The summed E-state index contributed by atoms with van der Waals surface area (Å²) in [5.74, 6) is -0.143. The Kier molecular flexibility index (Phi) is 3.62. The van der Waals surface area contributed by atoms with Crippen molar-refractivity contribution in [1.82, 2.24) is 14.9 Å². The number of carbonyl (C=O) groups excluding carboxylic acids is 1. The lowest BCUT2D eigenvalue weighted by Crippen LogP contribution is -2.25. The lowest BCUT2D eigenvalue weighted by molar-refractivity contribution is 0.0942. The maximum absolute atomic E-state index is 12.3. The smallest absolute Gasteiger partial charge is 0.268 e. The zero-order valence-corrected chi connectivity index (χ0v) is 12.3. The van der Waals surface area contributed by atoms with Crippen LogP contribution in [0.5, 0.6) is 0 Å². The van der Waals surface area contributed by atoms with Gasteiger partial charge in [0.05, 0.1) is 12.2 Å². The molecule has 2 aromatic heterocycles. The summed E-state index contributed by atoms with van der Waals surface area (Å²) < 4.78 is 1.84. The Balaban J connectivity index is 1.85. The van der Waals surface area contributed by atoms with Gasteiger partial charge in [-0.3, -0.25) is 9.78 Å². The summed E-state index contributed by atoms with van der Waals surface area (Å²) in [6, 6.07) is 13.1. The number of rotatable bonds is 3. The molecule has 0 aliphatic heterocycles. The average Bonchev–Trinajstić information content (AvgIpc) is 2.85. The molecule has 0 bridgehead atoms. The van der Waals surface area contributed by atoms with E-state index in [4.69, 9.17) is 11.6 Å². The molecule has 4 nitrogen and oxygen atoms in total. The van der Waals surface area contributed by atoms with Crippen LogP contribution in [0.4, 0.5) is 0 Å². The number of carbonyl (C=O) groups is 1. The van der Waals surface area contributed by atoms with E-state index in [2.05, 4.69) is 10.3 Å². The van der Waals surface area contributed by atoms with Crippen molar-refractivity contribution in [3.63, 3.8) is 0 Å². The van der Waals surface area contributed by atoms with Crippen molar-refractivity contribution in [2.75, 3.05) is 0 Å². The van der Waals surface area contributed by atoms with Crippen molar-refractivity contribution >= 4 is 28.4 Å². The molecule has 0 aliphatic rings. The summed E-state index contributed by atoms with van der Waals surface area (Å²) in [6.45, 7) is 0.398. The minimum absolute atomic E-state index is 0.143. The molecule has 1 N–H and O–H groups in total. The first-order valence-electron chi connectivity index (χ1n) is 6.59. The van der Waals surface area contributed by atoms with Crippen molar-refractivity contribution in [1.29, 1.82) is 0 Å². The molecule has 21 heavy (non-hydrogen) atoms. The van der Waals surface area contributed by atoms with Crippen LogP contribution in [0.3, 0.4) is 0 Å². The second-order valence-corrected chi connectivity index (χ2v) is 5.17. The van der Waals surface area contributed by atoms with Crippen LogP contribution in [0.2, 0.25) is 5.02 Å². The molecule has 3 rings (SSSR count). The van der Waals surface area contributed by atoms with Gasteiger partial charge < -0.3 is 9.88 Å². The van der Waals surface area contributed by atoms with Crippen LogP contribution in [-0.4, -0.2) is 15.5 Å². The second-order valence-electron chi connectivity index (χ2n) is 4.76. The van der Waals surface area contributed by atoms with Gasteiger partial charge in [-0.25, -0.2) is 0 Å². The summed E-state index contributed by atoms with van der Waals surface area (Å²) in [5.41, 5.74) is 2.34. The van der Waals surface area contributed by atoms with Crippen LogP contribution < -0.4 is 5.32 Å². The third kappa shape index (κ3) is 2.62. The van der Waals surface area contributed by atoms with Crippen molar-refractivity contribution in [2.24, 2.45) is 7.05 Å². The van der Waals surface area contributed by atoms with Gasteiger partial charge in [0.2, 0.25) is 0 Å². The van der Waals surface area contributed by atoms with Gasteiger partial charge in [0, 0.05) is 29.2 Å². The predicted octanol–water partition coefficient (Wildman–Crippen LogP) is 3.16. The standard InChI is InChI=1S/C16H14ClN3O/c1-20-14-7-4-6-13(17)12(14)9-15(20)16(21)19-10-11-5-2-3-8-18-11/h2-9H,10H2,1H3,(H,19,21). The molecule has 0 radical (unpaired) electrons. The maximum Gasteiger partial charge on any atom is 0.268 e. The number of aromatic nitrogens is 2. The van der Waals surface area contributed by atoms with Gasteiger partial charge in [-0.1, -0.05) is 23.7 Å². The quantitative estimate of drug-likeness (QED) is 0.807. The van der Waals surface area contributed by atoms with E-state index in [0.717, 1.165) is 16.6 Å². The number of pyridine rings is 1. The third-order valence-corrected chi connectivity index (χ3v) is 3.75. The molecular formula is C16H14ClN3O. The highest BCUT2D eigenvalue weighted by Gasteiger charge is 2.14. The van der Waals surface area contributed by atoms with E-state index in [0.29, 0.717) is 17.3 Å². The lowest BCUT2D eigenvalue weighted by atomic mass is 10.2. The number of nitrogens with one attached hydrogen (secondary N) is 1. The van der Waals surface area contributed by atoms with Crippen molar-refractivity contribution in [3.8, 4) is 0 Å². The fraction of sp³-hybridized carbons (Fsp3) is 0.125. The number of aryl methyl sites for hydroxylation is 1. The molecule has 0 aliphatic carbocycles. The molecular weight excluding hydrogens is 286 g/mol. The largest absolute Gasteiger partial charge is 0.345 e. The molecule has 1 aromatic carbocycles. The Morgan fingerprint density at radius 2 is 2.14 bits per heavy atom. The van der Waals surface area contributed by atoms with Crippen LogP contribution in [0, 0.1) is 0 Å². The molecule has 2 heterocycles. The van der Waals surface area contributed by atoms with Crippen molar-refractivity contribution in [2.45, 2.75) is 6.54 Å². The topological polar surface area (TPSA) is 46.9 Å². The van der Waals surface area contributed by atoms with E-state index in [1.54, 1.807) is 6.20 Å². The third-order valence-electron chi connectivity index (χ3n) is 3.42. The van der Waals surface area contributed by atoms with E-state index in [1.165, 1.54) is 0 Å². The zero-order valence-electron chi connectivity index (χ0n) is 11.5. The molecule has 0 saturated heterocycles. The number of benzene rings is 1. The highest BCUT2D eigenvalue weighted by molar-refractivity contribution is 6.35. The number of nitrogens with zero attached hydrogens (tertiary/aromatic N) is 2. The first kappa shape index (κ1) is 13.6. The van der Waals surface area contributed by atoms with Crippen LogP contribution in [0.25, 0.3) is 10.9 Å². The van der Waals surface area contributed by atoms with E-state index < -0.39 is 0 Å². The summed E-state index contributed by atoms with van der Waals surface area (Å²) in [5, 5.41) is 4.40. The number of hydrogen-bond acceptors (Lipinski definition) is 2. The molecule has 106 valence electrons. The van der Waals surface area contributed by atoms with E-state index >= 15 is 0 Å². The second kappa shape index (κ2) is 5.58. The molecule has 1 amide bonds. The van der Waals surface area contributed by atoms with Gasteiger partial charge in [-0.15, -0.1) is 0 Å². The zero-order chi connectivity index (χ0) is 14.8. The number of halogens is 1. The minimum atomic E-state index is -0.143. The van der Waals surface area contributed by atoms with Gasteiger partial charge in [0.1, 0.15) is 5.69 Å². The Hall–Kier alpha value is -2.33. The Morgan fingerprint density at radius 3 is 2.86 bits per heavy atom. The Labute approximate surface area is 127 Å². The van der Waals surface area contributed by atoms with Gasteiger partial charge in [0.15, 0.2) is 0 Å². The fourth-order valence-corrected chi connectivity index (χ4v) is 2.53. The van der Waals surface area contributed by atoms with Crippen molar-refractivity contribution in [3.05, 3.63) is 65.1 Å². The van der Waals surface area contributed by atoms with Crippen LogP contribution in [0.15, 0.2) is 48.7 Å². The minimum Gasteiger partial charge on any atom is -0.345 e. The first-order chi connectivity index (χ1) is 10.2.